The first-order chi connectivity index (χ1) is 14.8. The summed E-state index contributed by atoms with van der Waals surface area (Å²) in [6, 6.07) is 38.4. The van der Waals surface area contributed by atoms with Crippen LogP contribution in [0.15, 0.2) is 103 Å². The number of benzene rings is 4. The highest BCUT2D eigenvalue weighted by Crippen LogP contribution is 2.74. The van der Waals surface area contributed by atoms with Crippen molar-refractivity contribution in [3.8, 4) is 0 Å². The van der Waals surface area contributed by atoms with E-state index in [0.717, 1.165) is 12.8 Å². The van der Waals surface area contributed by atoms with Gasteiger partial charge in [-0.2, -0.15) is 0 Å². The SMILES string of the molecule is C(=C1/c2ccccc2C23c4ccccc4CC12Cc1ccccc13)/c1ccccc1. The van der Waals surface area contributed by atoms with Crippen LogP contribution in [0, 0.1) is 5.41 Å². The molecule has 4 aromatic rings. The predicted octanol–water partition coefficient (Wildman–Crippen LogP) is 6.67. The molecule has 0 amide bonds. The van der Waals surface area contributed by atoms with Crippen molar-refractivity contribution in [3.63, 3.8) is 0 Å². The third-order valence-electron chi connectivity index (χ3n) is 7.79. The molecule has 142 valence electrons. The third kappa shape index (κ3) is 1.75. The van der Waals surface area contributed by atoms with Crippen molar-refractivity contribution < 1.29 is 0 Å². The summed E-state index contributed by atoms with van der Waals surface area (Å²) < 4.78 is 0. The normalized spacial score (nSPS) is 26.1. The first-order valence-electron chi connectivity index (χ1n) is 10.9. The van der Waals surface area contributed by atoms with Crippen LogP contribution in [0.4, 0.5) is 0 Å². The number of rotatable bonds is 1. The van der Waals surface area contributed by atoms with Crippen molar-refractivity contribution >= 4 is 11.6 Å². The van der Waals surface area contributed by atoms with Gasteiger partial charge in [-0.1, -0.05) is 109 Å². The number of hydrogen-bond acceptors (Lipinski definition) is 0. The Hall–Kier alpha value is -3.38. The van der Waals surface area contributed by atoms with Gasteiger partial charge in [-0.3, -0.25) is 0 Å². The first kappa shape index (κ1) is 16.4. The molecule has 0 heteroatoms. The molecular weight excluding hydrogens is 360 g/mol. The molecule has 0 aliphatic heterocycles. The maximum Gasteiger partial charge on any atom is 0.0565 e. The lowest BCUT2D eigenvalue weighted by molar-refractivity contribution is 0.350. The minimum Gasteiger partial charge on any atom is -0.0622 e. The van der Waals surface area contributed by atoms with Gasteiger partial charge in [0.1, 0.15) is 0 Å². The standard InChI is InChI=1S/C30H22/c1-2-10-21(11-3-1)18-28-24-14-6-9-17-27(24)30-25-15-7-4-12-22(25)19-29(28,30)20-23-13-5-8-16-26(23)30/h1-18H,19-20H2/b28-18+. The summed E-state index contributed by atoms with van der Waals surface area (Å²) in [5.41, 5.74) is 11.8. The Bertz CT molecular complexity index is 1290. The Morgan fingerprint density at radius 2 is 1.07 bits per heavy atom. The number of fused-ring (bicyclic) bond motifs is 3. The maximum atomic E-state index is 2.47. The minimum atomic E-state index is -0.0720. The Labute approximate surface area is 177 Å². The summed E-state index contributed by atoms with van der Waals surface area (Å²) in [6.45, 7) is 0. The molecule has 0 saturated carbocycles. The Kier molecular flexibility index (Phi) is 3.07. The van der Waals surface area contributed by atoms with E-state index in [1.807, 2.05) is 0 Å². The van der Waals surface area contributed by atoms with Gasteiger partial charge >= 0.3 is 0 Å². The molecule has 0 spiro atoms. The van der Waals surface area contributed by atoms with Crippen LogP contribution in [-0.2, 0) is 18.3 Å². The van der Waals surface area contributed by atoms with Crippen LogP contribution < -0.4 is 0 Å². The summed E-state index contributed by atoms with van der Waals surface area (Å²) in [4.78, 5) is 0. The van der Waals surface area contributed by atoms with Gasteiger partial charge in [0.05, 0.1) is 5.41 Å². The summed E-state index contributed by atoms with van der Waals surface area (Å²) in [6.07, 6.45) is 4.68. The molecule has 0 radical (unpaired) electrons. The van der Waals surface area contributed by atoms with E-state index in [1.54, 1.807) is 0 Å². The molecule has 3 aliphatic rings. The molecule has 0 unspecified atom stereocenters. The molecule has 3 aliphatic carbocycles. The Balaban J connectivity index is 1.65. The third-order valence-corrected chi connectivity index (χ3v) is 7.79. The van der Waals surface area contributed by atoms with Crippen molar-refractivity contribution in [2.45, 2.75) is 18.3 Å². The monoisotopic (exact) mass is 382 g/mol. The van der Waals surface area contributed by atoms with Gasteiger partial charge in [0.15, 0.2) is 0 Å². The van der Waals surface area contributed by atoms with Crippen molar-refractivity contribution in [2.75, 3.05) is 0 Å². The van der Waals surface area contributed by atoms with Crippen molar-refractivity contribution in [1.29, 1.82) is 0 Å². The second kappa shape index (κ2) is 5.61. The summed E-state index contributed by atoms with van der Waals surface area (Å²) in [7, 11) is 0. The quantitative estimate of drug-likeness (QED) is 0.345. The van der Waals surface area contributed by atoms with E-state index in [9.17, 15) is 0 Å². The van der Waals surface area contributed by atoms with E-state index in [4.69, 9.17) is 0 Å². The molecule has 7 rings (SSSR count). The molecule has 0 N–H and O–H groups in total. The van der Waals surface area contributed by atoms with E-state index in [-0.39, 0.29) is 10.8 Å². The van der Waals surface area contributed by atoms with Crippen LogP contribution >= 0.6 is 0 Å². The van der Waals surface area contributed by atoms with Gasteiger partial charge in [-0.25, -0.2) is 0 Å². The van der Waals surface area contributed by atoms with Crippen LogP contribution in [-0.4, -0.2) is 0 Å². The van der Waals surface area contributed by atoms with Gasteiger partial charge in [0.25, 0.3) is 0 Å². The van der Waals surface area contributed by atoms with Crippen molar-refractivity contribution in [2.24, 2.45) is 5.41 Å². The Morgan fingerprint density at radius 3 is 1.73 bits per heavy atom. The lowest BCUT2D eigenvalue weighted by Crippen LogP contribution is -2.37. The first-order valence-corrected chi connectivity index (χ1v) is 10.9. The average Bonchev–Trinajstić information content (AvgIpc) is 3.33. The fraction of sp³-hybridized carbons (Fsp3) is 0.133. The lowest BCUT2D eigenvalue weighted by atomic mass is 9.63. The summed E-state index contributed by atoms with van der Waals surface area (Å²) in [5, 5.41) is 0. The highest BCUT2D eigenvalue weighted by Gasteiger charge is 2.68. The van der Waals surface area contributed by atoms with Crippen molar-refractivity contribution in [1.82, 2.24) is 0 Å². The predicted molar refractivity (Wildman–Crippen MR) is 123 cm³/mol. The zero-order chi connectivity index (χ0) is 19.8. The van der Waals surface area contributed by atoms with Gasteiger partial charge in [-0.05, 0) is 57.4 Å². The number of allylic oxidation sites excluding steroid dienone is 1. The van der Waals surface area contributed by atoms with E-state index in [0.29, 0.717) is 0 Å². The lowest BCUT2D eigenvalue weighted by Gasteiger charge is -2.37. The summed E-state index contributed by atoms with van der Waals surface area (Å²) >= 11 is 0. The fourth-order valence-corrected chi connectivity index (χ4v) is 6.89. The van der Waals surface area contributed by atoms with Gasteiger partial charge in [-0.15, -0.1) is 0 Å². The van der Waals surface area contributed by atoms with E-state index < -0.39 is 0 Å². The second-order valence-corrected chi connectivity index (χ2v) is 9.01. The molecule has 0 heterocycles. The summed E-state index contributed by atoms with van der Waals surface area (Å²) in [5.74, 6) is 0. The number of hydrogen-bond donors (Lipinski definition) is 0. The van der Waals surface area contributed by atoms with Crippen molar-refractivity contribution in [3.05, 3.63) is 142 Å². The molecule has 0 atom stereocenters. The average molecular weight is 383 g/mol. The zero-order valence-electron chi connectivity index (χ0n) is 16.8. The minimum absolute atomic E-state index is 0.0555. The molecular formula is C30H22. The smallest absolute Gasteiger partial charge is 0.0565 e. The zero-order valence-corrected chi connectivity index (χ0v) is 16.8. The van der Waals surface area contributed by atoms with Gasteiger partial charge < -0.3 is 0 Å². The molecule has 4 aromatic carbocycles. The van der Waals surface area contributed by atoms with E-state index in [1.165, 1.54) is 44.5 Å². The molecule has 30 heavy (non-hydrogen) atoms. The van der Waals surface area contributed by atoms with E-state index in [2.05, 4.69) is 109 Å². The molecule has 0 aromatic heterocycles. The molecule has 0 nitrogen and oxygen atoms in total. The van der Waals surface area contributed by atoms with Crippen LogP contribution in [0.1, 0.15) is 38.9 Å². The van der Waals surface area contributed by atoms with Crippen LogP contribution in [0.2, 0.25) is 0 Å². The molecule has 0 fully saturated rings. The Morgan fingerprint density at radius 1 is 0.533 bits per heavy atom. The van der Waals surface area contributed by atoms with Crippen LogP contribution in [0.5, 0.6) is 0 Å². The topological polar surface area (TPSA) is 0 Å². The van der Waals surface area contributed by atoms with Crippen LogP contribution in [0.25, 0.3) is 11.6 Å². The maximum absolute atomic E-state index is 2.47. The highest BCUT2D eigenvalue weighted by atomic mass is 14.7. The fourth-order valence-electron chi connectivity index (χ4n) is 6.89. The van der Waals surface area contributed by atoms with Gasteiger partial charge in [0.2, 0.25) is 0 Å². The highest BCUT2D eigenvalue weighted by molar-refractivity contribution is 5.96. The van der Waals surface area contributed by atoms with Gasteiger partial charge in [0, 0.05) is 5.41 Å². The van der Waals surface area contributed by atoms with E-state index >= 15 is 0 Å². The molecule has 0 bridgehead atoms. The van der Waals surface area contributed by atoms with Crippen LogP contribution in [0.3, 0.4) is 0 Å². The molecule has 0 saturated heterocycles. The largest absolute Gasteiger partial charge is 0.0622 e. The second-order valence-electron chi connectivity index (χ2n) is 9.01.